The van der Waals surface area contributed by atoms with Crippen molar-refractivity contribution in [3.8, 4) is 0 Å². The normalized spacial score (nSPS) is 15.6. The number of carbonyl (C=O) groups is 1. The average molecular weight is 335 g/mol. The first kappa shape index (κ1) is 17.2. The zero-order valence-electron chi connectivity index (χ0n) is 14.4. The van der Waals surface area contributed by atoms with E-state index in [1.54, 1.807) is 0 Å². The molecule has 0 aliphatic heterocycles. The Morgan fingerprint density at radius 3 is 2.24 bits per heavy atom. The van der Waals surface area contributed by atoms with Crippen LogP contribution in [0.3, 0.4) is 0 Å². The highest BCUT2D eigenvalue weighted by atomic mass is 16.1. The van der Waals surface area contributed by atoms with Gasteiger partial charge in [-0.05, 0) is 30.5 Å². The monoisotopic (exact) mass is 335 g/mol. The van der Waals surface area contributed by atoms with Crippen LogP contribution < -0.4 is 10.6 Å². The first-order chi connectivity index (χ1) is 12.3. The van der Waals surface area contributed by atoms with Crippen LogP contribution in [-0.2, 0) is 6.54 Å². The highest BCUT2D eigenvalue weighted by Crippen LogP contribution is 2.17. The number of hydrogen-bond acceptors (Lipinski definition) is 2. The summed E-state index contributed by atoms with van der Waals surface area (Å²) in [5.41, 5.74) is 1.76. The van der Waals surface area contributed by atoms with Gasteiger partial charge in [0.25, 0.3) is 5.91 Å². The van der Waals surface area contributed by atoms with Gasteiger partial charge in [0.2, 0.25) is 0 Å². The van der Waals surface area contributed by atoms with Gasteiger partial charge in [-0.15, -0.1) is 0 Å². The molecule has 0 unspecified atom stereocenters. The zero-order chi connectivity index (χ0) is 17.3. The average Bonchev–Trinajstić information content (AvgIpc) is 2.68. The number of nitrogens with one attached hydrogen (secondary N) is 2. The molecule has 0 spiro atoms. The molecular formula is C21H25N3O. The van der Waals surface area contributed by atoms with Crippen LogP contribution in [-0.4, -0.2) is 17.9 Å². The molecule has 3 rings (SSSR count). The molecule has 2 N–H and O–H groups in total. The number of hydrogen-bond donors (Lipinski definition) is 2. The molecule has 1 saturated carbocycles. The lowest BCUT2D eigenvalue weighted by molar-refractivity contribution is 0.0975. The fourth-order valence-corrected chi connectivity index (χ4v) is 3.08. The Morgan fingerprint density at radius 2 is 1.56 bits per heavy atom. The molecule has 1 fully saturated rings. The summed E-state index contributed by atoms with van der Waals surface area (Å²) < 4.78 is 0. The minimum absolute atomic E-state index is 0.129. The van der Waals surface area contributed by atoms with Gasteiger partial charge in [0.15, 0.2) is 5.96 Å². The molecule has 1 amide bonds. The van der Waals surface area contributed by atoms with Crippen molar-refractivity contribution >= 4 is 11.9 Å². The summed E-state index contributed by atoms with van der Waals surface area (Å²) in [7, 11) is 0. The number of aliphatic imine (C=N–C) groups is 1. The van der Waals surface area contributed by atoms with Crippen LogP contribution in [0.4, 0.5) is 0 Å². The Bertz CT molecular complexity index is 692. The Kier molecular flexibility index (Phi) is 6.21. The van der Waals surface area contributed by atoms with Crippen molar-refractivity contribution in [3.63, 3.8) is 0 Å². The Balaban J connectivity index is 1.69. The van der Waals surface area contributed by atoms with Gasteiger partial charge in [-0.2, -0.15) is 0 Å². The van der Waals surface area contributed by atoms with Crippen molar-refractivity contribution in [1.29, 1.82) is 0 Å². The number of benzene rings is 2. The van der Waals surface area contributed by atoms with Gasteiger partial charge < -0.3 is 5.32 Å². The Labute approximate surface area is 149 Å². The van der Waals surface area contributed by atoms with Gasteiger partial charge >= 0.3 is 0 Å². The number of guanidine groups is 1. The van der Waals surface area contributed by atoms with E-state index in [9.17, 15) is 4.79 Å². The van der Waals surface area contributed by atoms with E-state index in [1.165, 1.54) is 19.3 Å². The molecule has 1 aliphatic carbocycles. The summed E-state index contributed by atoms with van der Waals surface area (Å²) in [6, 6.07) is 19.7. The lowest BCUT2D eigenvalue weighted by atomic mass is 9.96. The van der Waals surface area contributed by atoms with E-state index < -0.39 is 0 Å². The maximum atomic E-state index is 12.5. The lowest BCUT2D eigenvalue weighted by Crippen LogP contribution is -2.46. The number of nitrogens with zero attached hydrogens (tertiary/aromatic N) is 1. The summed E-state index contributed by atoms with van der Waals surface area (Å²) in [6.45, 7) is 0.547. The minimum atomic E-state index is -0.129. The topological polar surface area (TPSA) is 53.5 Å². The van der Waals surface area contributed by atoms with Crippen molar-refractivity contribution in [1.82, 2.24) is 10.6 Å². The molecule has 25 heavy (non-hydrogen) atoms. The second kappa shape index (κ2) is 9.02. The minimum Gasteiger partial charge on any atom is -0.353 e. The van der Waals surface area contributed by atoms with Crippen LogP contribution >= 0.6 is 0 Å². The van der Waals surface area contributed by atoms with E-state index in [2.05, 4.69) is 15.6 Å². The molecular weight excluding hydrogens is 310 g/mol. The Morgan fingerprint density at radius 1 is 0.920 bits per heavy atom. The summed E-state index contributed by atoms with van der Waals surface area (Å²) >= 11 is 0. The van der Waals surface area contributed by atoms with Crippen molar-refractivity contribution < 1.29 is 4.79 Å². The predicted molar refractivity (Wildman–Crippen MR) is 101 cm³/mol. The van der Waals surface area contributed by atoms with Crippen LogP contribution in [0.1, 0.15) is 48.0 Å². The fourth-order valence-electron chi connectivity index (χ4n) is 3.08. The summed E-state index contributed by atoms with van der Waals surface area (Å²) in [6.07, 6.45) is 6.02. The fraction of sp³-hybridized carbons (Fsp3) is 0.333. The third-order valence-corrected chi connectivity index (χ3v) is 4.48. The first-order valence-electron chi connectivity index (χ1n) is 9.02. The van der Waals surface area contributed by atoms with Crippen LogP contribution in [0, 0.1) is 0 Å². The smallest absolute Gasteiger partial charge is 0.257 e. The number of amides is 1. The van der Waals surface area contributed by atoms with E-state index in [0.29, 0.717) is 24.1 Å². The standard InChI is InChI=1S/C21H25N3O/c25-20(18-12-6-2-7-13-18)24-21(23-19-14-8-3-9-15-19)22-16-17-10-4-1-5-11-17/h1-2,4-7,10-13,19H,3,8-9,14-16H2,(H2,22,23,24,25). The number of carbonyl (C=O) groups excluding carboxylic acids is 1. The lowest BCUT2D eigenvalue weighted by Gasteiger charge is -2.24. The number of rotatable bonds is 4. The third kappa shape index (κ3) is 5.45. The molecule has 2 aromatic carbocycles. The molecule has 2 aromatic rings. The molecule has 1 aliphatic rings. The molecule has 0 heterocycles. The molecule has 4 heteroatoms. The highest BCUT2D eigenvalue weighted by Gasteiger charge is 2.16. The maximum absolute atomic E-state index is 12.5. The van der Waals surface area contributed by atoms with E-state index in [1.807, 2.05) is 60.7 Å². The largest absolute Gasteiger partial charge is 0.353 e. The van der Waals surface area contributed by atoms with E-state index in [0.717, 1.165) is 18.4 Å². The second-order valence-corrected chi connectivity index (χ2v) is 6.45. The summed E-state index contributed by atoms with van der Waals surface area (Å²) in [4.78, 5) is 17.1. The van der Waals surface area contributed by atoms with Crippen molar-refractivity contribution in [2.24, 2.45) is 4.99 Å². The van der Waals surface area contributed by atoms with Gasteiger partial charge in [0.05, 0.1) is 6.54 Å². The molecule has 130 valence electrons. The van der Waals surface area contributed by atoms with Crippen molar-refractivity contribution in [2.75, 3.05) is 0 Å². The van der Waals surface area contributed by atoms with Gasteiger partial charge in [0.1, 0.15) is 0 Å². The zero-order valence-corrected chi connectivity index (χ0v) is 14.4. The van der Waals surface area contributed by atoms with Gasteiger partial charge in [-0.3, -0.25) is 10.1 Å². The van der Waals surface area contributed by atoms with E-state index in [-0.39, 0.29) is 5.91 Å². The molecule has 4 nitrogen and oxygen atoms in total. The highest BCUT2D eigenvalue weighted by molar-refractivity contribution is 6.05. The van der Waals surface area contributed by atoms with Crippen molar-refractivity contribution in [3.05, 3.63) is 71.8 Å². The summed E-state index contributed by atoms with van der Waals surface area (Å²) in [5.74, 6) is 0.445. The molecule has 0 bridgehead atoms. The van der Waals surface area contributed by atoms with Gasteiger partial charge in [-0.25, -0.2) is 4.99 Å². The molecule has 0 aromatic heterocycles. The SMILES string of the molecule is O=C(NC(=NCc1ccccc1)NC1CCCCC1)c1ccccc1. The van der Waals surface area contributed by atoms with Crippen LogP contribution in [0.25, 0.3) is 0 Å². The second-order valence-electron chi connectivity index (χ2n) is 6.45. The first-order valence-corrected chi connectivity index (χ1v) is 9.02. The van der Waals surface area contributed by atoms with Crippen LogP contribution in [0.2, 0.25) is 0 Å². The maximum Gasteiger partial charge on any atom is 0.257 e. The van der Waals surface area contributed by atoms with Crippen molar-refractivity contribution in [2.45, 2.75) is 44.7 Å². The molecule has 0 saturated heterocycles. The molecule has 0 radical (unpaired) electrons. The van der Waals surface area contributed by atoms with Crippen LogP contribution in [0.5, 0.6) is 0 Å². The van der Waals surface area contributed by atoms with Gasteiger partial charge in [-0.1, -0.05) is 67.8 Å². The van der Waals surface area contributed by atoms with Crippen LogP contribution in [0.15, 0.2) is 65.7 Å². The van der Waals surface area contributed by atoms with E-state index in [4.69, 9.17) is 0 Å². The third-order valence-electron chi connectivity index (χ3n) is 4.48. The predicted octanol–water partition coefficient (Wildman–Crippen LogP) is 3.89. The Hall–Kier alpha value is -2.62. The summed E-state index contributed by atoms with van der Waals surface area (Å²) in [5, 5.41) is 6.40. The van der Waals surface area contributed by atoms with E-state index >= 15 is 0 Å². The quantitative estimate of drug-likeness (QED) is 0.658. The van der Waals surface area contributed by atoms with Gasteiger partial charge in [0, 0.05) is 11.6 Å². The molecule has 0 atom stereocenters.